The second kappa shape index (κ2) is 6.22. The van der Waals surface area contributed by atoms with E-state index in [-0.39, 0.29) is 11.6 Å². The van der Waals surface area contributed by atoms with E-state index in [1.807, 2.05) is 18.2 Å². The van der Waals surface area contributed by atoms with Crippen molar-refractivity contribution in [3.63, 3.8) is 0 Å². The predicted octanol–water partition coefficient (Wildman–Crippen LogP) is 4.97. The summed E-state index contributed by atoms with van der Waals surface area (Å²) < 4.78 is 13.8. The van der Waals surface area contributed by atoms with E-state index >= 15 is 0 Å². The van der Waals surface area contributed by atoms with E-state index in [4.69, 9.17) is 11.6 Å². The molecule has 0 unspecified atom stereocenters. The molecule has 0 N–H and O–H groups in total. The summed E-state index contributed by atoms with van der Waals surface area (Å²) in [5.74, 6) is 0.0202. The zero-order valence-electron chi connectivity index (χ0n) is 10.3. The molecule has 0 fully saturated rings. The van der Waals surface area contributed by atoms with Crippen LogP contribution in [-0.4, -0.2) is 5.78 Å². The SMILES string of the molecule is CC(=O)c1cccc(F)c1SCc1ccccc1Cl. The first kappa shape index (κ1) is 14.1. The number of carbonyl (C=O) groups excluding carboxylic acids is 1. The molecule has 0 saturated heterocycles. The van der Waals surface area contributed by atoms with E-state index in [1.165, 1.54) is 24.8 Å². The molecule has 0 bridgehead atoms. The van der Waals surface area contributed by atoms with Crippen molar-refractivity contribution >= 4 is 29.1 Å². The average molecular weight is 295 g/mol. The fourth-order valence-corrected chi connectivity index (χ4v) is 3.10. The quantitative estimate of drug-likeness (QED) is 0.585. The first-order valence-electron chi connectivity index (χ1n) is 5.75. The third-order valence-corrected chi connectivity index (χ3v) is 4.20. The lowest BCUT2D eigenvalue weighted by molar-refractivity contribution is 0.101. The van der Waals surface area contributed by atoms with Crippen LogP contribution in [0.5, 0.6) is 0 Å². The smallest absolute Gasteiger partial charge is 0.161 e. The van der Waals surface area contributed by atoms with Crippen LogP contribution >= 0.6 is 23.4 Å². The summed E-state index contributed by atoms with van der Waals surface area (Å²) in [4.78, 5) is 11.9. The molecule has 0 amide bonds. The van der Waals surface area contributed by atoms with Crippen molar-refractivity contribution < 1.29 is 9.18 Å². The molecule has 0 aromatic heterocycles. The van der Waals surface area contributed by atoms with Crippen molar-refractivity contribution in [1.29, 1.82) is 0 Å². The third kappa shape index (κ3) is 3.37. The molecule has 0 aliphatic carbocycles. The summed E-state index contributed by atoms with van der Waals surface area (Å²) in [6.45, 7) is 1.44. The van der Waals surface area contributed by atoms with Crippen LogP contribution in [0.15, 0.2) is 47.4 Å². The Morgan fingerprint density at radius 3 is 2.63 bits per heavy atom. The Bertz CT molecular complexity index is 613. The molecule has 0 aliphatic rings. The molecule has 4 heteroatoms. The van der Waals surface area contributed by atoms with Gasteiger partial charge in [-0.2, -0.15) is 0 Å². The van der Waals surface area contributed by atoms with Crippen molar-refractivity contribution in [2.45, 2.75) is 17.6 Å². The van der Waals surface area contributed by atoms with Crippen LogP contribution in [-0.2, 0) is 5.75 Å². The topological polar surface area (TPSA) is 17.1 Å². The van der Waals surface area contributed by atoms with Gasteiger partial charge in [0.15, 0.2) is 5.78 Å². The van der Waals surface area contributed by atoms with E-state index in [1.54, 1.807) is 18.2 Å². The van der Waals surface area contributed by atoms with E-state index in [2.05, 4.69) is 0 Å². The zero-order chi connectivity index (χ0) is 13.8. The molecular formula is C15H12ClFOS. The number of hydrogen-bond acceptors (Lipinski definition) is 2. The van der Waals surface area contributed by atoms with E-state index in [9.17, 15) is 9.18 Å². The maximum Gasteiger partial charge on any atom is 0.161 e. The minimum atomic E-state index is -0.371. The second-order valence-corrected chi connectivity index (χ2v) is 5.45. The van der Waals surface area contributed by atoms with Gasteiger partial charge in [0.05, 0.1) is 4.90 Å². The number of Topliss-reactive ketones (excluding diaryl/α,β-unsaturated/α-hetero) is 1. The number of hydrogen-bond donors (Lipinski definition) is 0. The van der Waals surface area contributed by atoms with Crippen molar-refractivity contribution in [2.75, 3.05) is 0 Å². The molecule has 0 aliphatic heterocycles. The fraction of sp³-hybridized carbons (Fsp3) is 0.133. The highest BCUT2D eigenvalue weighted by atomic mass is 35.5. The molecule has 2 aromatic rings. The van der Waals surface area contributed by atoms with Crippen LogP contribution in [0.1, 0.15) is 22.8 Å². The van der Waals surface area contributed by atoms with E-state index in [0.717, 1.165) is 5.56 Å². The summed E-state index contributed by atoms with van der Waals surface area (Å²) in [5.41, 5.74) is 1.34. The maximum atomic E-state index is 13.8. The summed E-state index contributed by atoms with van der Waals surface area (Å²) in [6, 6.07) is 12.0. The lowest BCUT2D eigenvalue weighted by Crippen LogP contribution is -1.98. The van der Waals surface area contributed by atoms with Crippen LogP contribution in [0.25, 0.3) is 0 Å². The van der Waals surface area contributed by atoms with Gasteiger partial charge in [-0.05, 0) is 24.6 Å². The normalized spacial score (nSPS) is 10.5. The summed E-state index contributed by atoms with van der Waals surface area (Å²) >= 11 is 7.35. The van der Waals surface area contributed by atoms with Gasteiger partial charge in [-0.3, -0.25) is 4.79 Å². The lowest BCUT2D eigenvalue weighted by Gasteiger charge is -2.08. The molecule has 0 atom stereocenters. The molecular weight excluding hydrogens is 283 g/mol. The summed E-state index contributed by atoms with van der Waals surface area (Å²) in [7, 11) is 0. The van der Waals surface area contributed by atoms with Crippen LogP contribution in [0.4, 0.5) is 4.39 Å². The Balaban J connectivity index is 2.25. The van der Waals surface area contributed by atoms with Gasteiger partial charge in [-0.25, -0.2) is 4.39 Å². The lowest BCUT2D eigenvalue weighted by atomic mass is 10.1. The zero-order valence-corrected chi connectivity index (χ0v) is 11.9. The standard InChI is InChI=1S/C15H12ClFOS/c1-10(18)12-6-4-8-14(17)15(12)19-9-11-5-2-3-7-13(11)16/h2-8H,9H2,1H3. The maximum absolute atomic E-state index is 13.8. The van der Waals surface area contributed by atoms with Crippen LogP contribution in [0.2, 0.25) is 5.02 Å². The number of rotatable bonds is 4. The highest BCUT2D eigenvalue weighted by Crippen LogP contribution is 2.31. The number of ketones is 1. The number of benzene rings is 2. The molecule has 2 aromatic carbocycles. The number of carbonyl (C=O) groups is 1. The van der Waals surface area contributed by atoms with Gasteiger partial charge >= 0.3 is 0 Å². The Morgan fingerprint density at radius 2 is 1.95 bits per heavy atom. The molecule has 2 rings (SSSR count). The van der Waals surface area contributed by atoms with Crippen LogP contribution in [0, 0.1) is 5.82 Å². The molecule has 0 saturated carbocycles. The minimum absolute atomic E-state index is 0.138. The van der Waals surface area contributed by atoms with Gasteiger partial charge < -0.3 is 0 Å². The van der Waals surface area contributed by atoms with E-state index in [0.29, 0.717) is 21.2 Å². The van der Waals surface area contributed by atoms with Gasteiger partial charge in [0, 0.05) is 16.3 Å². The summed E-state index contributed by atoms with van der Waals surface area (Å²) in [5, 5.41) is 0.649. The highest BCUT2D eigenvalue weighted by Gasteiger charge is 2.13. The van der Waals surface area contributed by atoms with Gasteiger partial charge in [0.1, 0.15) is 5.82 Å². The Hall–Kier alpha value is -1.32. The molecule has 0 spiro atoms. The molecule has 1 nitrogen and oxygen atoms in total. The first-order chi connectivity index (χ1) is 9.09. The summed E-state index contributed by atoms with van der Waals surface area (Å²) in [6.07, 6.45) is 0. The largest absolute Gasteiger partial charge is 0.294 e. The van der Waals surface area contributed by atoms with E-state index < -0.39 is 0 Å². The molecule has 0 heterocycles. The molecule has 98 valence electrons. The minimum Gasteiger partial charge on any atom is -0.294 e. The Kier molecular flexibility index (Phi) is 4.61. The Morgan fingerprint density at radius 1 is 1.21 bits per heavy atom. The number of halogens is 2. The third-order valence-electron chi connectivity index (χ3n) is 2.68. The van der Waals surface area contributed by atoms with Crippen molar-refractivity contribution in [1.82, 2.24) is 0 Å². The average Bonchev–Trinajstić information content (AvgIpc) is 2.38. The Labute approximate surface area is 120 Å². The van der Waals surface area contributed by atoms with Crippen LogP contribution < -0.4 is 0 Å². The van der Waals surface area contributed by atoms with Crippen molar-refractivity contribution in [2.24, 2.45) is 0 Å². The highest BCUT2D eigenvalue weighted by molar-refractivity contribution is 7.98. The predicted molar refractivity (Wildman–Crippen MR) is 77.4 cm³/mol. The monoisotopic (exact) mass is 294 g/mol. The van der Waals surface area contributed by atoms with Gasteiger partial charge in [0.2, 0.25) is 0 Å². The number of thioether (sulfide) groups is 1. The molecule has 19 heavy (non-hydrogen) atoms. The van der Waals surface area contributed by atoms with Crippen molar-refractivity contribution in [3.05, 3.63) is 64.4 Å². The fourth-order valence-electron chi connectivity index (χ4n) is 1.70. The molecule has 0 radical (unpaired) electrons. The second-order valence-electron chi connectivity index (χ2n) is 4.05. The van der Waals surface area contributed by atoms with Crippen LogP contribution in [0.3, 0.4) is 0 Å². The van der Waals surface area contributed by atoms with Gasteiger partial charge in [-0.1, -0.05) is 41.9 Å². The van der Waals surface area contributed by atoms with Gasteiger partial charge in [0.25, 0.3) is 0 Å². The van der Waals surface area contributed by atoms with Crippen molar-refractivity contribution in [3.8, 4) is 0 Å². The first-order valence-corrected chi connectivity index (χ1v) is 7.11. The van der Waals surface area contributed by atoms with Gasteiger partial charge in [-0.15, -0.1) is 11.8 Å².